The van der Waals surface area contributed by atoms with Crippen molar-refractivity contribution in [2.24, 2.45) is 0 Å². The van der Waals surface area contributed by atoms with Crippen LogP contribution in [0.5, 0.6) is 11.5 Å². The van der Waals surface area contributed by atoms with E-state index < -0.39 is 12.8 Å². The lowest BCUT2D eigenvalue weighted by molar-refractivity contribution is -0.612. The lowest BCUT2D eigenvalue weighted by Crippen LogP contribution is -2.41. The Bertz CT molecular complexity index is 1010. The topological polar surface area (TPSA) is 49.4 Å². The highest BCUT2D eigenvalue weighted by Crippen LogP contribution is 2.36. The third-order valence-corrected chi connectivity index (χ3v) is 5.18. The van der Waals surface area contributed by atoms with Gasteiger partial charge in [-0.15, -0.1) is 0 Å². The van der Waals surface area contributed by atoms with Crippen LogP contribution >= 0.6 is 11.9 Å². The molecule has 3 heterocycles. The molecule has 4 rings (SSSR count). The second kappa shape index (κ2) is 7.51. The van der Waals surface area contributed by atoms with Crippen LogP contribution in [0.1, 0.15) is 5.69 Å². The van der Waals surface area contributed by atoms with Crippen LogP contribution in [0.4, 0.5) is 13.2 Å². The molecule has 6 nitrogen and oxygen atoms in total. The molecule has 0 saturated carbocycles. The Kier molecular flexibility index (Phi) is 5.07. The summed E-state index contributed by atoms with van der Waals surface area (Å²) in [5.74, 6) is 2.36. The van der Waals surface area contributed by atoms with Gasteiger partial charge >= 0.3 is 12.1 Å². The van der Waals surface area contributed by atoms with Crippen LogP contribution in [0.25, 0.3) is 17.0 Å². The summed E-state index contributed by atoms with van der Waals surface area (Å²) in [6, 6.07) is 9.59. The lowest BCUT2D eigenvalue weighted by Gasteiger charge is -2.18. The van der Waals surface area contributed by atoms with Crippen molar-refractivity contribution in [1.82, 2.24) is 8.96 Å². The molecule has 0 atom stereocenters. The monoisotopic (exact) mass is 412 g/mol. The highest BCUT2D eigenvalue weighted by atomic mass is 32.2. The number of para-hydroxylation sites is 2. The van der Waals surface area contributed by atoms with Crippen molar-refractivity contribution in [3.8, 4) is 17.4 Å². The molecule has 1 aliphatic heterocycles. The highest BCUT2D eigenvalue weighted by molar-refractivity contribution is 7.97. The zero-order valence-electron chi connectivity index (χ0n) is 14.9. The van der Waals surface area contributed by atoms with Gasteiger partial charge < -0.3 is 14.2 Å². The van der Waals surface area contributed by atoms with Crippen molar-refractivity contribution >= 4 is 23.0 Å². The summed E-state index contributed by atoms with van der Waals surface area (Å²) in [5.41, 5.74) is 2.79. The molecule has 0 bridgehead atoms. The second-order valence-corrected chi connectivity index (χ2v) is 6.93. The number of aromatic nitrogens is 3. The first-order valence-electron chi connectivity index (χ1n) is 8.48. The standard InChI is InChI=1S/C18H17F3N3O3S/c1-25-16-14-10-28-24-13-5-3-2-4-12(13)22-17(24)23(14)7-6-15(16)27-9-8-26-11-18(19,20)21/h2-7H,8-11H2,1H3/q+1. The number of imidazole rings is 1. The quantitative estimate of drug-likeness (QED) is 0.459. The van der Waals surface area contributed by atoms with Crippen molar-refractivity contribution in [1.29, 1.82) is 0 Å². The van der Waals surface area contributed by atoms with E-state index in [1.165, 1.54) is 7.11 Å². The van der Waals surface area contributed by atoms with Gasteiger partial charge in [0, 0.05) is 18.0 Å². The first-order chi connectivity index (χ1) is 13.5. The zero-order valence-corrected chi connectivity index (χ0v) is 15.7. The molecule has 0 aliphatic carbocycles. The van der Waals surface area contributed by atoms with E-state index in [0.717, 1.165) is 22.7 Å². The van der Waals surface area contributed by atoms with Crippen LogP contribution in [0.3, 0.4) is 0 Å². The summed E-state index contributed by atoms with van der Waals surface area (Å²) in [6.07, 6.45) is -2.52. The van der Waals surface area contributed by atoms with Crippen molar-refractivity contribution in [3.63, 3.8) is 0 Å². The van der Waals surface area contributed by atoms with Crippen LogP contribution in [0, 0.1) is 0 Å². The molecular weight excluding hydrogens is 395 g/mol. The minimum atomic E-state index is -4.34. The summed E-state index contributed by atoms with van der Waals surface area (Å²) in [7, 11) is 1.53. The van der Waals surface area contributed by atoms with Gasteiger partial charge in [-0.2, -0.15) is 21.7 Å². The van der Waals surface area contributed by atoms with E-state index in [-0.39, 0.29) is 13.2 Å². The molecule has 0 N–H and O–H groups in total. The van der Waals surface area contributed by atoms with E-state index in [9.17, 15) is 13.2 Å². The second-order valence-electron chi connectivity index (χ2n) is 6.01. The van der Waals surface area contributed by atoms with Gasteiger partial charge in [-0.05, 0) is 12.1 Å². The fraction of sp³-hybridized carbons (Fsp3) is 0.333. The number of nitrogens with zero attached hydrogens (tertiary/aromatic N) is 3. The number of rotatable bonds is 6. The van der Waals surface area contributed by atoms with Gasteiger partial charge in [-0.25, -0.2) is 0 Å². The summed E-state index contributed by atoms with van der Waals surface area (Å²) >= 11 is 1.59. The van der Waals surface area contributed by atoms with Crippen molar-refractivity contribution < 1.29 is 31.9 Å². The molecule has 0 radical (unpaired) electrons. The Hall–Kier alpha value is -2.46. The van der Waals surface area contributed by atoms with Crippen LogP contribution in [0.15, 0.2) is 36.5 Å². The number of methoxy groups -OCH3 is 1. The van der Waals surface area contributed by atoms with Crippen molar-refractivity contribution in [2.75, 3.05) is 26.9 Å². The predicted molar refractivity (Wildman–Crippen MR) is 96.9 cm³/mol. The molecule has 3 aromatic rings. The minimum absolute atomic E-state index is 0.0124. The van der Waals surface area contributed by atoms with E-state index >= 15 is 0 Å². The number of fused-ring (bicyclic) bond motifs is 5. The fourth-order valence-electron chi connectivity index (χ4n) is 3.01. The molecule has 2 aromatic heterocycles. The average Bonchev–Trinajstić information content (AvgIpc) is 3.05. The van der Waals surface area contributed by atoms with Gasteiger partial charge in [0.25, 0.3) is 0 Å². The van der Waals surface area contributed by atoms with Crippen LogP contribution in [-0.2, 0) is 10.5 Å². The third kappa shape index (κ3) is 3.61. The smallest absolute Gasteiger partial charge is 0.416 e. The number of hydrogen-bond donors (Lipinski definition) is 0. The Morgan fingerprint density at radius 2 is 2.04 bits per heavy atom. The van der Waals surface area contributed by atoms with Crippen LogP contribution < -0.4 is 14.0 Å². The molecule has 0 spiro atoms. The number of ether oxygens (including phenoxy) is 3. The average molecular weight is 412 g/mol. The normalized spacial score (nSPS) is 13.3. The summed E-state index contributed by atoms with van der Waals surface area (Å²) in [6.45, 7) is -1.47. The number of alkyl halides is 3. The first-order valence-corrected chi connectivity index (χ1v) is 9.42. The van der Waals surface area contributed by atoms with Crippen LogP contribution in [-0.4, -0.2) is 42.1 Å². The molecule has 0 amide bonds. The van der Waals surface area contributed by atoms with E-state index in [4.69, 9.17) is 14.5 Å². The maximum Gasteiger partial charge on any atom is 0.416 e. The molecule has 10 heteroatoms. The third-order valence-electron chi connectivity index (χ3n) is 4.16. The Morgan fingerprint density at radius 1 is 1.21 bits per heavy atom. The largest absolute Gasteiger partial charge is 0.490 e. The molecule has 0 saturated heterocycles. The number of hydrogen-bond acceptors (Lipinski definition) is 5. The minimum Gasteiger partial charge on any atom is -0.490 e. The van der Waals surface area contributed by atoms with Crippen molar-refractivity contribution in [2.45, 2.75) is 11.9 Å². The molecule has 148 valence electrons. The Balaban J connectivity index is 1.56. The maximum absolute atomic E-state index is 12.1. The van der Waals surface area contributed by atoms with E-state index in [1.54, 1.807) is 18.0 Å². The van der Waals surface area contributed by atoms with Gasteiger partial charge in [0.1, 0.15) is 18.9 Å². The number of pyridine rings is 1. The number of benzene rings is 1. The number of halogens is 3. The Morgan fingerprint density at radius 3 is 2.82 bits per heavy atom. The summed E-state index contributed by atoms with van der Waals surface area (Å²) in [5, 5.41) is 0. The van der Waals surface area contributed by atoms with Gasteiger partial charge in [0.2, 0.25) is 0 Å². The van der Waals surface area contributed by atoms with Gasteiger partial charge in [-0.1, -0.05) is 17.1 Å². The van der Waals surface area contributed by atoms with Crippen molar-refractivity contribution in [3.05, 3.63) is 42.2 Å². The molecule has 1 aromatic carbocycles. The SMILES string of the molecule is COc1c(OCCOCC(F)(F)F)cc[n+]2c1CSn1c-2nc2ccccc21. The lowest BCUT2D eigenvalue weighted by atomic mass is 10.3. The van der Waals surface area contributed by atoms with Gasteiger partial charge in [0.05, 0.1) is 25.7 Å². The van der Waals surface area contributed by atoms with Crippen LogP contribution in [0.2, 0.25) is 0 Å². The highest BCUT2D eigenvalue weighted by Gasteiger charge is 2.32. The molecular formula is C18H17F3N3O3S+. The fourth-order valence-corrected chi connectivity index (χ4v) is 4.07. The summed E-state index contributed by atoms with van der Waals surface area (Å²) in [4.78, 5) is 4.69. The van der Waals surface area contributed by atoms with Gasteiger partial charge in [0.15, 0.2) is 22.5 Å². The summed E-state index contributed by atoms with van der Waals surface area (Å²) < 4.78 is 56.0. The van der Waals surface area contributed by atoms with E-state index in [1.807, 2.05) is 35.0 Å². The molecule has 0 fully saturated rings. The zero-order chi connectivity index (χ0) is 19.7. The maximum atomic E-state index is 12.1. The van der Waals surface area contributed by atoms with E-state index in [0.29, 0.717) is 17.3 Å². The van der Waals surface area contributed by atoms with E-state index in [2.05, 4.69) is 8.71 Å². The molecule has 0 unspecified atom stereocenters. The first kappa shape index (κ1) is 18.9. The molecule has 1 aliphatic rings. The predicted octanol–water partition coefficient (Wildman–Crippen LogP) is 3.29. The van der Waals surface area contributed by atoms with Gasteiger partial charge in [-0.3, -0.25) is 0 Å². The molecule has 28 heavy (non-hydrogen) atoms. The Labute approximate surface area is 163 Å².